The molecule has 12 heavy (non-hydrogen) atoms. The number of rotatable bonds is 6. The van der Waals surface area contributed by atoms with E-state index >= 15 is 0 Å². The largest absolute Gasteiger partial charge is 0.375 e. The van der Waals surface area contributed by atoms with Crippen LogP contribution in [0.2, 0.25) is 0 Å². The van der Waals surface area contributed by atoms with Crippen LogP contribution < -0.4 is 0 Å². The molecule has 0 bridgehead atoms. The van der Waals surface area contributed by atoms with Crippen molar-refractivity contribution in [3.63, 3.8) is 0 Å². The molecule has 0 aromatic heterocycles. The predicted molar refractivity (Wildman–Crippen MR) is 53.6 cm³/mol. The Kier molecular flexibility index (Phi) is 7.60. The molecule has 0 aliphatic heterocycles. The van der Waals surface area contributed by atoms with E-state index in [-0.39, 0.29) is 0 Å². The van der Waals surface area contributed by atoms with Gasteiger partial charge in [0.05, 0.1) is 12.3 Å². The van der Waals surface area contributed by atoms with Crippen LogP contribution in [-0.2, 0) is 4.74 Å². The molecular formula is C10H17NO. The summed E-state index contributed by atoms with van der Waals surface area (Å²) in [5, 5.41) is 0. The molecule has 2 heteroatoms. The van der Waals surface area contributed by atoms with E-state index in [9.17, 15) is 0 Å². The summed E-state index contributed by atoms with van der Waals surface area (Å²) >= 11 is 0. The first kappa shape index (κ1) is 11.1. The minimum Gasteiger partial charge on any atom is -0.375 e. The van der Waals surface area contributed by atoms with Crippen molar-refractivity contribution in [2.24, 2.45) is 4.99 Å². The monoisotopic (exact) mass is 167 g/mol. The summed E-state index contributed by atoms with van der Waals surface area (Å²) in [7, 11) is 0. The van der Waals surface area contributed by atoms with E-state index in [1.54, 1.807) is 12.3 Å². The van der Waals surface area contributed by atoms with Gasteiger partial charge in [0, 0.05) is 12.8 Å². The summed E-state index contributed by atoms with van der Waals surface area (Å²) in [4.78, 5) is 4.13. The zero-order valence-electron chi connectivity index (χ0n) is 7.92. The SMILES string of the molecule is C=C/C=C(/COCCC)N=CC. The first-order valence-corrected chi connectivity index (χ1v) is 4.23. The summed E-state index contributed by atoms with van der Waals surface area (Å²) < 4.78 is 5.32. The summed E-state index contributed by atoms with van der Waals surface area (Å²) in [6, 6.07) is 0. The molecule has 0 aromatic rings. The van der Waals surface area contributed by atoms with Gasteiger partial charge in [-0.25, -0.2) is 0 Å². The summed E-state index contributed by atoms with van der Waals surface area (Å²) in [6.45, 7) is 8.93. The molecule has 0 atom stereocenters. The van der Waals surface area contributed by atoms with Gasteiger partial charge >= 0.3 is 0 Å². The van der Waals surface area contributed by atoms with Crippen molar-refractivity contribution in [2.75, 3.05) is 13.2 Å². The molecule has 0 N–H and O–H groups in total. The molecule has 0 heterocycles. The van der Waals surface area contributed by atoms with Gasteiger partial charge < -0.3 is 4.74 Å². The van der Waals surface area contributed by atoms with Crippen LogP contribution >= 0.6 is 0 Å². The van der Waals surface area contributed by atoms with Gasteiger partial charge in [0.25, 0.3) is 0 Å². The Morgan fingerprint density at radius 1 is 1.58 bits per heavy atom. The smallest absolute Gasteiger partial charge is 0.0887 e. The van der Waals surface area contributed by atoms with Crippen LogP contribution in [0.1, 0.15) is 20.3 Å². The van der Waals surface area contributed by atoms with Gasteiger partial charge in [-0.1, -0.05) is 19.6 Å². The topological polar surface area (TPSA) is 21.6 Å². The molecule has 0 fully saturated rings. The van der Waals surface area contributed by atoms with E-state index in [2.05, 4.69) is 18.5 Å². The number of allylic oxidation sites excluding steroid dienone is 2. The lowest BCUT2D eigenvalue weighted by atomic mass is 10.4. The van der Waals surface area contributed by atoms with E-state index in [1.165, 1.54) is 0 Å². The van der Waals surface area contributed by atoms with E-state index in [0.29, 0.717) is 6.61 Å². The van der Waals surface area contributed by atoms with Gasteiger partial charge in [0.1, 0.15) is 0 Å². The predicted octanol–water partition coefficient (Wildman–Crippen LogP) is 2.57. The third kappa shape index (κ3) is 5.86. The number of aliphatic imine (C=N–C) groups is 1. The molecule has 0 rings (SSSR count). The van der Waals surface area contributed by atoms with Crippen LogP contribution in [0.3, 0.4) is 0 Å². The van der Waals surface area contributed by atoms with Crippen molar-refractivity contribution >= 4 is 6.21 Å². The zero-order valence-corrected chi connectivity index (χ0v) is 7.92. The fourth-order valence-electron chi connectivity index (χ4n) is 0.751. The second-order valence-corrected chi connectivity index (χ2v) is 2.33. The molecule has 68 valence electrons. The van der Waals surface area contributed by atoms with Gasteiger partial charge in [0.15, 0.2) is 0 Å². The minimum atomic E-state index is 0.574. The van der Waals surface area contributed by atoms with Crippen LogP contribution in [0.5, 0.6) is 0 Å². The molecule has 0 saturated heterocycles. The lowest BCUT2D eigenvalue weighted by molar-refractivity contribution is 0.156. The van der Waals surface area contributed by atoms with Crippen molar-refractivity contribution in [2.45, 2.75) is 20.3 Å². The molecule has 0 aliphatic carbocycles. The molecule has 0 unspecified atom stereocenters. The number of hydrogen-bond acceptors (Lipinski definition) is 2. The highest BCUT2D eigenvalue weighted by atomic mass is 16.5. The Morgan fingerprint density at radius 2 is 2.33 bits per heavy atom. The lowest BCUT2D eigenvalue weighted by Crippen LogP contribution is -1.97. The Bertz CT molecular complexity index is 171. The maximum Gasteiger partial charge on any atom is 0.0887 e. The Balaban J connectivity index is 3.79. The Hall–Kier alpha value is -0.890. The average Bonchev–Trinajstić information content (AvgIpc) is 2.06. The highest BCUT2D eigenvalue weighted by molar-refractivity contribution is 5.55. The zero-order chi connectivity index (χ0) is 9.23. The molecule has 0 saturated carbocycles. The molecule has 0 aromatic carbocycles. The van der Waals surface area contributed by atoms with Crippen molar-refractivity contribution < 1.29 is 4.74 Å². The van der Waals surface area contributed by atoms with Gasteiger partial charge in [-0.15, -0.1) is 0 Å². The second kappa shape index (κ2) is 8.21. The third-order valence-corrected chi connectivity index (χ3v) is 1.20. The van der Waals surface area contributed by atoms with Crippen molar-refractivity contribution in [1.82, 2.24) is 0 Å². The van der Waals surface area contributed by atoms with E-state index < -0.39 is 0 Å². The second-order valence-electron chi connectivity index (χ2n) is 2.33. The normalized spacial score (nSPS) is 12.3. The molecular weight excluding hydrogens is 150 g/mol. The van der Waals surface area contributed by atoms with Crippen LogP contribution in [0.25, 0.3) is 0 Å². The molecule has 0 amide bonds. The standard InChI is InChI=1S/C10H17NO/c1-4-7-10(11-6-3)9-12-8-5-2/h4,6-7H,1,5,8-9H2,2-3H3/b10-7-,11-6?. The minimum absolute atomic E-state index is 0.574. The highest BCUT2D eigenvalue weighted by Crippen LogP contribution is 1.97. The third-order valence-electron chi connectivity index (χ3n) is 1.20. The maximum absolute atomic E-state index is 5.32. The van der Waals surface area contributed by atoms with Gasteiger partial charge in [-0.3, -0.25) is 4.99 Å². The Labute approximate surface area is 74.7 Å². The van der Waals surface area contributed by atoms with Crippen LogP contribution in [0, 0.1) is 0 Å². The quantitative estimate of drug-likeness (QED) is 0.338. The number of nitrogens with zero attached hydrogens (tertiary/aromatic N) is 1. The van der Waals surface area contributed by atoms with Gasteiger partial charge in [-0.2, -0.15) is 0 Å². The van der Waals surface area contributed by atoms with Crippen molar-refractivity contribution in [3.05, 3.63) is 24.4 Å². The molecule has 0 radical (unpaired) electrons. The van der Waals surface area contributed by atoms with E-state index in [4.69, 9.17) is 4.74 Å². The molecule has 0 aliphatic rings. The first-order valence-electron chi connectivity index (χ1n) is 4.23. The van der Waals surface area contributed by atoms with Crippen LogP contribution in [0.15, 0.2) is 29.4 Å². The van der Waals surface area contributed by atoms with E-state index in [1.807, 2.05) is 13.0 Å². The van der Waals surface area contributed by atoms with Gasteiger partial charge in [-0.05, 0) is 19.4 Å². The molecule has 0 spiro atoms. The number of ether oxygens (including phenoxy) is 1. The lowest BCUT2D eigenvalue weighted by Gasteiger charge is -2.01. The Morgan fingerprint density at radius 3 is 2.83 bits per heavy atom. The van der Waals surface area contributed by atoms with E-state index in [0.717, 1.165) is 18.7 Å². The maximum atomic E-state index is 5.32. The van der Waals surface area contributed by atoms with Crippen LogP contribution in [0.4, 0.5) is 0 Å². The number of hydrogen-bond donors (Lipinski definition) is 0. The first-order chi connectivity index (χ1) is 5.85. The average molecular weight is 167 g/mol. The van der Waals surface area contributed by atoms with Gasteiger partial charge in [0.2, 0.25) is 0 Å². The fraction of sp³-hybridized carbons (Fsp3) is 0.500. The summed E-state index contributed by atoms with van der Waals surface area (Å²) in [6.07, 6.45) is 6.37. The summed E-state index contributed by atoms with van der Waals surface area (Å²) in [5.41, 5.74) is 0.918. The van der Waals surface area contributed by atoms with Crippen molar-refractivity contribution in [1.29, 1.82) is 0 Å². The summed E-state index contributed by atoms with van der Waals surface area (Å²) in [5.74, 6) is 0. The van der Waals surface area contributed by atoms with Crippen LogP contribution in [-0.4, -0.2) is 19.4 Å². The van der Waals surface area contributed by atoms with Crippen molar-refractivity contribution in [3.8, 4) is 0 Å². The fourth-order valence-corrected chi connectivity index (χ4v) is 0.751. The molecule has 2 nitrogen and oxygen atoms in total. The highest BCUT2D eigenvalue weighted by Gasteiger charge is 1.91.